The second-order valence-corrected chi connectivity index (χ2v) is 10.8. The van der Waals surface area contributed by atoms with Gasteiger partial charge in [0.25, 0.3) is 0 Å². The van der Waals surface area contributed by atoms with Crippen LogP contribution in [0.25, 0.3) is 22.4 Å². The fourth-order valence-corrected chi connectivity index (χ4v) is 6.53. The van der Waals surface area contributed by atoms with Crippen molar-refractivity contribution >= 4 is 44.2 Å². The minimum atomic E-state index is -3.57. The van der Waals surface area contributed by atoms with E-state index in [-0.39, 0.29) is 4.90 Å². The molecule has 1 saturated heterocycles. The lowest BCUT2D eigenvalue weighted by Crippen LogP contribution is -2.40. The monoisotopic (exact) mass is 491 g/mol. The van der Waals surface area contributed by atoms with Gasteiger partial charge < -0.3 is 13.8 Å². The number of hydrogen-bond acceptors (Lipinski definition) is 9. The fourth-order valence-electron chi connectivity index (χ4n) is 3.55. The average Bonchev–Trinajstić information content (AvgIpc) is 3.57. The molecule has 5 rings (SSSR count). The van der Waals surface area contributed by atoms with Gasteiger partial charge in [-0.1, -0.05) is 16.9 Å². The number of rotatable bonds is 7. The Bertz CT molecular complexity index is 1320. The molecular formula is C20H21N5O4S3. The van der Waals surface area contributed by atoms with Gasteiger partial charge in [-0.05, 0) is 36.6 Å². The van der Waals surface area contributed by atoms with E-state index in [0.29, 0.717) is 55.8 Å². The number of nitrogens with zero attached hydrogens (tertiary/aromatic N) is 5. The van der Waals surface area contributed by atoms with Crippen LogP contribution in [0.5, 0.6) is 0 Å². The van der Waals surface area contributed by atoms with E-state index in [0.717, 1.165) is 16.2 Å². The summed E-state index contributed by atoms with van der Waals surface area (Å²) >= 11 is 3.07. The molecule has 1 aromatic carbocycles. The zero-order valence-corrected chi connectivity index (χ0v) is 19.8. The summed E-state index contributed by atoms with van der Waals surface area (Å²) < 4.78 is 40.2. The Morgan fingerprint density at radius 2 is 2.03 bits per heavy atom. The maximum absolute atomic E-state index is 13.0. The number of imidazole rings is 1. The highest BCUT2D eigenvalue weighted by Gasteiger charge is 2.27. The van der Waals surface area contributed by atoms with E-state index in [1.807, 2.05) is 29.8 Å². The summed E-state index contributed by atoms with van der Waals surface area (Å²) in [7, 11) is -3.57. The molecular weight excluding hydrogens is 470 g/mol. The van der Waals surface area contributed by atoms with Crippen LogP contribution in [0.4, 0.5) is 0 Å². The Labute approximate surface area is 193 Å². The van der Waals surface area contributed by atoms with Crippen molar-refractivity contribution in [2.24, 2.45) is 0 Å². The normalized spacial score (nSPS) is 15.5. The summed E-state index contributed by atoms with van der Waals surface area (Å²) in [5, 5.41) is 8.76. The minimum Gasteiger partial charge on any atom is -0.379 e. The van der Waals surface area contributed by atoms with Gasteiger partial charge in [-0.15, -0.1) is 0 Å². The summed E-state index contributed by atoms with van der Waals surface area (Å²) in [4.78, 5) is 9.41. The van der Waals surface area contributed by atoms with Gasteiger partial charge in [0.2, 0.25) is 21.7 Å². The Hall–Kier alpha value is -2.25. The topological polar surface area (TPSA) is 103 Å². The number of sulfonamides is 1. The van der Waals surface area contributed by atoms with E-state index in [9.17, 15) is 8.42 Å². The number of aromatic nitrogens is 4. The van der Waals surface area contributed by atoms with Crippen molar-refractivity contribution in [3.05, 3.63) is 40.9 Å². The zero-order valence-electron chi connectivity index (χ0n) is 17.3. The molecule has 32 heavy (non-hydrogen) atoms. The summed E-state index contributed by atoms with van der Waals surface area (Å²) in [6.07, 6.45) is 0. The molecule has 0 bridgehead atoms. The van der Waals surface area contributed by atoms with Gasteiger partial charge in [0.15, 0.2) is 5.16 Å². The van der Waals surface area contributed by atoms with E-state index < -0.39 is 10.0 Å². The van der Waals surface area contributed by atoms with Gasteiger partial charge in [0.05, 0.1) is 34.9 Å². The number of fused-ring (bicyclic) bond motifs is 1. The number of thiophene rings is 1. The largest absolute Gasteiger partial charge is 0.379 e. The lowest BCUT2D eigenvalue weighted by atomic mass is 10.3. The lowest BCUT2D eigenvalue weighted by molar-refractivity contribution is 0.0730. The molecule has 0 spiro atoms. The lowest BCUT2D eigenvalue weighted by Gasteiger charge is -2.26. The Balaban J connectivity index is 1.39. The van der Waals surface area contributed by atoms with Gasteiger partial charge >= 0.3 is 0 Å². The smallest absolute Gasteiger partial charge is 0.243 e. The van der Waals surface area contributed by atoms with Crippen molar-refractivity contribution in [3.8, 4) is 11.4 Å². The van der Waals surface area contributed by atoms with Crippen LogP contribution in [0, 0.1) is 0 Å². The molecule has 0 radical (unpaired) electrons. The highest BCUT2D eigenvalue weighted by Crippen LogP contribution is 2.29. The maximum Gasteiger partial charge on any atom is 0.243 e. The van der Waals surface area contributed by atoms with Gasteiger partial charge in [-0.3, -0.25) is 0 Å². The molecule has 1 fully saturated rings. The minimum absolute atomic E-state index is 0.251. The summed E-state index contributed by atoms with van der Waals surface area (Å²) in [5.74, 6) is 1.56. The van der Waals surface area contributed by atoms with E-state index in [4.69, 9.17) is 14.2 Å². The number of morpholine rings is 1. The van der Waals surface area contributed by atoms with Crippen molar-refractivity contribution in [2.75, 3.05) is 26.3 Å². The van der Waals surface area contributed by atoms with Crippen LogP contribution in [-0.4, -0.2) is 58.7 Å². The standard InChI is InChI=1S/C20H21N5O4S3/c1-2-25-17-4-3-15(32(26,27)24-6-8-28-9-7-24)11-16(17)21-20(25)31-13-18-22-19(23-29-18)14-5-10-30-12-14/h3-5,10-12H,2,6-9,13H2,1H3. The van der Waals surface area contributed by atoms with Crippen LogP contribution in [-0.2, 0) is 27.1 Å². The molecule has 0 saturated carbocycles. The molecule has 0 aliphatic carbocycles. The van der Waals surface area contributed by atoms with Crippen molar-refractivity contribution in [2.45, 2.75) is 29.3 Å². The van der Waals surface area contributed by atoms with E-state index in [1.165, 1.54) is 16.1 Å². The molecule has 12 heteroatoms. The predicted molar refractivity (Wildman–Crippen MR) is 122 cm³/mol. The Kier molecular flexibility index (Phi) is 6.03. The maximum atomic E-state index is 13.0. The first-order valence-electron chi connectivity index (χ1n) is 10.1. The van der Waals surface area contributed by atoms with Gasteiger partial charge in [-0.25, -0.2) is 13.4 Å². The number of ether oxygens (including phenoxy) is 1. The van der Waals surface area contributed by atoms with Crippen LogP contribution in [0.15, 0.2) is 49.6 Å². The highest BCUT2D eigenvalue weighted by atomic mass is 32.2. The zero-order chi connectivity index (χ0) is 22.1. The van der Waals surface area contributed by atoms with Crippen molar-refractivity contribution in [3.63, 3.8) is 0 Å². The fraction of sp³-hybridized carbons (Fsp3) is 0.350. The molecule has 4 aromatic rings. The molecule has 1 aliphatic heterocycles. The van der Waals surface area contributed by atoms with Crippen LogP contribution >= 0.6 is 23.1 Å². The van der Waals surface area contributed by atoms with Crippen LogP contribution in [0.3, 0.4) is 0 Å². The molecule has 9 nitrogen and oxygen atoms in total. The third-order valence-corrected chi connectivity index (χ3v) is 8.72. The first-order chi connectivity index (χ1) is 15.6. The van der Waals surface area contributed by atoms with Crippen molar-refractivity contribution < 1.29 is 17.7 Å². The molecule has 0 unspecified atom stereocenters. The summed E-state index contributed by atoms with van der Waals surface area (Å²) in [6.45, 7) is 4.29. The van der Waals surface area contributed by atoms with Crippen LogP contribution in [0.1, 0.15) is 12.8 Å². The van der Waals surface area contributed by atoms with Crippen molar-refractivity contribution in [1.29, 1.82) is 0 Å². The Morgan fingerprint density at radius 3 is 2.78 bits per heavy atom. The van der Waals surface area contributed by atoms with Crippen LogP contribution < -0.4 is 0 Å². The molecule has 168 valence electrons. The molecule has 0 atom stereocenters. The molecule has 3 aromatic heterocycles. The molecule has 0 amide bonds. The van der Waals surface area contributed by atoms with E-state index in [2.05, 4.69) is 14.7 Å². The van der Waals surface area contributed by atoms with E-state index >= 15 is 0 Å². The quantitative estimate of drug-likeness (QED) is 0.362. The third-order valence-electron chi connectivity index (χ3n) is 5.18. The second kappa shape index (κ2) is 8.94. The SMILES string of the molecule is CCn1c(SCc2nc(-c3ccsc3)no2)nc2cc(S(=O)(=O)N3CCOCC3)ccc21. The highest BCUT2D eigenvalue weighted by molar-refractivity contribution is 7.98. The van der Waals surface area contributed by atoms with Gasteiger partial charge in [0.1, 0.15) is 0 Å². The van der Waals surface area contributed by atoms with Gasteiger partial charge in [0, 0.05) is 30.6 Å². The average molecular weight is 492 g/mol. The number of thioether (sulfide) groups is 1. The molecule has 1 aliphatic rings. The number of aryl methyl sites for hydroxylation is 1. The summed E-state index contributed by atoms with van der Waals surface area (Å²) in [6, 6.07) is 7.08. The van der Waals surface area contributed by atoms with Crippen molar-refractivity contribution in [1.82, 2.24) is 24.0 Å². The molecule has 4 heterocycles. The summed E-state index contributed by atoms with van der Waals surface area (Å²) in [5.41, 5.74) is 2.47. The Morgan fingerprint density at radius 1 is 1.19 bits per heavy atom. The van der Waals surface area contributed by atoms with E-state index in [1.54, 1.807) is 23.5 Å². The second-order valence-electron chi connectivity index (χ2n) is 7.12. The number of benzene rings is 1. The predicted octanol–water partition coefficient (Wildman–Crippen LogP) is 3.48. The number of hydrogen-bond donors (Lipinski definition) is 0. The third kappa shape index (κ3) is 4.08. The van der Waals surface area contributed by atoms with Gasteiger partial charge in [-0.2, -0.15) is 20.6 Å². The molecule has 0 N–H and O–H groups in total. The first-order valence-corrected chi connectivity index (χ1v) is 13.5. The first kappa shape index (κ1) is 21.6. The van der Waals surface area contributed by atoms with Crippen LogP contribution in [0.2, 0.25) is 0 Å².